The summed E-state index contributed by atoms with van der Waals surface area (Å²) < 4.78 is 12.6. The van der Waals surface area contributed by atoms with Gasteiger partial charge in [-0.15, -0.1) is 0 Å². The first-order chi connectivity index (χ1) is 20.2. The number of imidazole rings is 1. The molecule has 15 nitrogen and oxygen atoms in total. The summed E-state index contributed by atoms with van der Waals surface area (Å²) in [6.45, 7) is 7.70. The summed E-state index contributed by atoms with van der Waals surface area (Å²) in [6.07, 6.45) is -0.206. The fourth-order valence-electron chi connectivity index (χ4n) is 5.50. The van der Waals surface area contributed by atoms with Crippen molar-refractivity contribution in [3.8, 4) is 0 Å². The highest BCUT2D eigenvalue weighted by molar-refractivity contribution is 5.83. The second-order valence-corrected chi connectivity index (χ2v) is 10.5. The first-order valence-electron chi connectivity index (χ1n) is 14.8. The van der Waals surface area contributed by atoms with Gasteiger partial charge in [-0.3, -0.25) is 14.2 Å². The predicted molar refractivity (Wildman–Crippen MR) is 151 cm³/mol. The highest BCUT2D eigenvalue weighted by Gasteiger charge is 2.47. The summed E-state index contributed by atoms with van der Waals surface area (Å²) in [5.74, 6) is 0.541. The minimum absolute atomic E-state index is 0.0980. The van der Waals surface area contributed by atoms with E-state index in [1.807, 2.05) is 13.8 Å². The number of piperidine rings is 1. The smallest absolute Gasteiger partial charge is 0.410 e. The van der Waals surface area contributed by atoms with E-state index in [0.717, 1.165) is 25.7 Å². The Morgan fingerprint density at radius 2 is 1.95 bits per heavy atom. The number of nitrogens with one attached hydrogen (secondary N) is 2. The zero-order valence-electron chi connectivity index (χ0n) is 24.4. The van der Waals surface area contributed by atoms with Gasteiger partial charge in [0.1, 0.15) is 29.7 Å². The first kappa shape index (κ1) is 31.4. The van der Waals surface area contributed by atoms with Crippen molar-refractivity contribution in [1.82, 2.24) is 35.1 Å². The number of amides is 3. The van der Waals surface area contributed by atoms with Crippen LogP contribution in [-0.2, 0) is 25.5 Å². The predicted octanol–water partition coefficient (Wildman–Crippen LogP) is 0.250. The highest BCUT2D eigenvalue weighted by atomic mass is 16.6. The molecule has 0 spiro atoms. The third-order valence-electron chi connectivity index (χ3n) is 7.71. The van der Waals surface area contributed by atoms with Gasteiger partial charge in [0, 0.05) is 26.1 Å². The molecule has 5 heterocycles. The van der Waals surface area contributed by atoms with E-state index >= 15 is 0 Å². The SMILES string of the molecule is CC.CCNC(=O)[C@H]1O[C@@H](n2cnc3c(N)nc(CCCC4CCN(C(=O)OC5CNC(=O)C5)CC4)nc32)[C@@H](O)C1O. The van der Waals surface area contributed by atoms with E-state index < -0.39 is 36.6 Å². The Hall–Kier alpha value is -3.56. The number of hydrogen-bond acceptors (Lipinski definition) is 11. The maximum Gasteiger partial charge on any atom is 0.410 e. The van der Waals surface area contributed by atoms with Gasteiger partial charge in [-0.05, 0) is 38.5 Å². The lowest BCUT2D eigenvalue weighted by molar-refractivity contribution is -0.137. The Morgan fingerprint density at radius 3 is 2.62 bits per heavy atom. The number of ether oxygens (including phenoxy) is 2. The van der Waals surface area contributed by atoms with E-state index in [9.17, 15) is 24.6 Å². The van der Waals surface area contributed by atoms with Crippen LogP contribution in [0.3, 0.4) is 0 Å². The van der Waals surface area contributed by atoms with Crippen LogP contribution in [-0.4, -0.2) is 103 Å². The van der Waals surface area contributed by atoms with Gasteiger partial charge >= 0.3 is 6.09 Å². The van der Waals surface area contributed by atoms with Crippen molar-refractivity contribution in [3.63, 3.8) is 0 Å². The van der Waals surface area contributed by atoms with Gasteiger partial charge < -0.3 is 41.0 Å². The number of aliphatic hydroxyl groups is 2. The molecule has 15 heteroatoms. The van der Waals surface area contributed by atoms with Gasteiger partial charge in [-0.1, -0.05) is 13.8 Å². The minimum Gasteiger partial charge on any atom is -0.444 e. The summed E-state index contributed by atoms with van der Waals surface area (Å²) in [6, 6.07) is 0. The van der Waals surface area contributed by atoms with E-state index in [0.29, 0.717) is 55.5 Å². The summed E-state index contributed by atoms with van der Waals surface area (Å²) in [5, 5.41) is 26.3. The Labute approximate surface area is 244 Å². The van der Waals surface area contributed by atoms with Gasteiger partial charge in [0.2, 0.25) is 5.91 Å². The van der Waals surface area contributed by atoms with Crippen LogP contribution in [0.4, 0.5) is 10.6 Å². The van der Waals surface area contributed by atoms with Crippen LogP contribution in [0.15, 0.2) is 6.33 Å². The number of nitrogens with zero attached hydrogens (tertiary/aromatic N) is 5. The largest absolute Gasteiger partial charge is 0.444 e. The number of rotatable bonds is 8. The van der Waals surface area contributed by atoms with Crippen LogP contribution in [0.1, 0.15) is 64.9 Å². The van der Waals surface area contributed by atoms with Crippen LogP contribution in [0.25, 0.3) is 11.2 Å². The molecule has 0 aliphatic carbocycles. The van der Waals surface area contributed by atoms with Gasteiger partial charge in [-0.25, -0.2) is 19.7 Å². The number of nitrogens with two attached hydrogens (primary N) is 1. The van der Waals surface area contributed by atoms with Crippen LogP contribution >= 0.6 is 0 Å². The van der Waals surface area contributed by atoms with Gasteiger partial charge in [0.25, 0.3) is 5.91 Å². The van der Waals surface area contributed by atoms with Crippen molar-refractivity contribution >= 4 is 34.9 Å². The lowest BCUT2D eigenvalue weighted by atomic mass is 9.91. The lowest BCUT2D eigenvalue weighted by Gasteiger charge is -2.32. The highest BCUT2D eigenvalue weighted by Crippen LogP contribution is 2.32. The topological polar surface area (TPSA) is 207 Å². The number of likely N-dealkylation sites (N-methyl/N-ethyl adjacent to an activating group) is 1. The maximum absolute atomic E-state index is 12.4. The number of anilines is 1. The molecule has 3 aliphatic rings. The second kappa shape index (κ2) is 14.1. The molecule has 3 aliphatic heterocycles. The first-order valence-corrected chi connectivity index (χ1v) is 14.8. The fourth-order valence-corrected chi connectivity index (χ4v) is 5.50. The van der Waals surface area contributed by atoms with Crippen molar-refractivity contribution in [2.45, 2.75) is 89.9 Å². The number of likely N-dealkylation sites (tertiary alicyclic amines) is 1. The number of nitrogen functional groups attached to an aromatic ring is 1. The normalized spacial score (nSPS) is 26.1. The molecular weight excluding hydrogens is 548 g/mol. The van der Waals surface area contributed by atoms with E-state index in [1.54, 1.807) is 11.8 Å². The molecule has 3 amide bonds. The molecular formula is C27H42N8O7. The minimum atomic E-state index is -1.41. The molecule has 2 unspecified atom stereocenters. The summed E-state index contributed by atoms with van der Waals surface area (Å²) in [7, 11) is 0. The molecule has 2 aromatic heterocycles. The van der Waals surface area contributed by atoms with Gasteiger partial charge in [0.05, 0.1) is 19.3 Å². The van der Waals surface area contributed by atoms with E-state index in [4.69, 9.17) is 15.2 Å². The number of hydrogen-bond donors (Lipinski definition) is 5. The van der Waals surface area contributed by atoms with Crippen molar-refractivity contribution in [3.05, 3.63) is 12.2 Å². The average Bonchev–Trinajstić information content (AvgIpc) is 3.68. The van der Waals surface area contributed by atoms with Crippen molar-refractivity contribution < 1.29 is 34.1 Å². The molecule has 0 aromatic carbocycles. The molecule has 3 fully saturated rings. The summed E-state index contributed by atoms with van der Waals surface area (Å²) in [4.78, 5) is 50.9. The Bertz CT molecular complexity index is 1250. The Kier molecular flexibility index (Phi) is 10.5. The number of aryl methyl sites for hydroxylation is 1. The Balaban J connectivity index is 0.00000198. The molecule has 232 valence electrons. The molecule has 42 heavy (non-hydrogen) atoms. The number of fused-ring (bicyclic) bond motifs is 1. The van der Waals surface area contributed by atoms with Crippen LogP contribution in [0.2, 0.25) is 0 Å². The summed E-state index contributed by atoms with van der Waals surface area (Å²) in [5.41, 5.74) is 6.84. The van der Waals surface area contributed by atoms with Crippen LogP contribution < -0.4 is 16.4 Å². The van der Waals surface area contributed by atoms with Crippen LogP contribution in [0, 0.1) is 5.92 Å². The zero-order valence-corrected chi connectivity index (χ0v) is 24.4. The molecule has 3 saturated heterocycles. The second-order valence-electron chi connectivity index (χ2n) is 10.5. The number of carbonyl (C=O) groups is 3. The quantitative estimate of drug-likeness (QED) is 0.281. The third-order valence-corrected chi connectivity index (χ3v) is 7.71. The number of aromatic nitrogens is 4. The molecule has 2 aromatic rings. The average molecular weight is 591 g/mol. The van der Waals surface area contributed by atoms with Crippen molar-refractivity contribution in [2.75, 3.05) is 31.9 Å². The standard InChI is InChI=1S/C25H36N8O7.C2H6/c1-2-27-23(37)20-18(35)19(36)24(40-20)33-12-29-17-21(26)30-15(31-22(17)33)5-3-4-13-6-8-32(9-7-13)25(38)39-14-10-16(34)28-11-14;1-2/h12-14,18-20,24,35-36H,2-11H2,1H3,(H,27,37)(H,28,34)(H2,26,30,31);1-2H3/t14?,18?,19-,20-,24+;/m0./s1. The fraction of sp³-hybridized carbons (Fsp3) is 0.704. The monoisotopic (exact) mass is 590 g/mol. The number of aliphatic hydroxyl groups excluding tert-OH is 2. The van der Waals surface area contributed by atoms with Gasteiger partial charge in [-0.2, -0.15) is 0 Å². The van der Waals surface area contributed by atoms with Gasteiger partial charge in [0.15, 0.2) is 23.8 Å². The molecule has 0 radical (unpaired) electrons. The zero-order chi connectivity index (χ0) is 30.4. The number of carbonyl (C=O) groups excluding carboxylic acids is 3. The molecule has 0 saturated carbocycles. The molecule has 5 atom stereocenters. The molecule has 6 N–H and O–H groups in total. The van der Waals surface area contributed by atoms with Crippen LogP contribution in [0.5, 0.6) is 0 Å². The molecule has 0 bridgehead atoms. The van der Waals surface area contributed by atoms with E-state index in [1.165, 1.54) is 10.9 Å². The van der Waals surface area contributed by atoms with Crippen molar-refractivity contribution in [1.29, 1.82) is 0 Å². The summed E-state index contributed by atoms with van der Waals surface area (Å²) >= 11 is 0. The van der Waals surface area contributed by atoms with E-state index in [-0.39, 0.29) is 24.2 Å². The molecule has 5 rings (SSSR count). The Morgan fingerprint density at radius 1 is 1.21 bits per heavy atom. The third kappa shape index (κ3) is 6.90. The maximum atomic E-state index is 12.4. The van der Waals surface area contributed by atoms with Crippen molar-refractivity contribution in [2.24, 2.45) is 5.92 Å². The lowest BCUT2D eigenvalue weighted by Crippen LogP contribution is -2.42. The van der Waals surface area contributed by atoms with E-state index in [2.05, 4.69) is 25.6 Å².